The lowest BCUT2D eigenvalue weighted by molar-refractivity contribution is 0.0641. The highest BCUT2D eigenvalue weighted by Crippen LogP contribution is 2.19. The molecule has 0 bridgehead atoms. The number of aromatic nitrogens is 1. The average molecular weight is 306 g/mol. The molecule has 3 rings (SSSR count). The van der Waals surface area contributed by atoms with Gasteiger partial charge in [0.05, 0.1) is 13.2 Å². The second-order valence-corrected chi connectivity index (χ2v) is 5.73. The summed E-state index contributed by atoms with van der Waals surface area (Å²) in [6.07, 6.45) is 4.45. The minimum absolute atomic E-state index is 0.0167. The molecule has 1 N–H and O–H groups in total. The van der Waals surface area contributed by atoms with Crippen LogP contribution in [0.15, 0.2) is 18.3 Å². The molecule has 6 nitrogen and oxygen atoms in total. The molecule has 1 amide bonds. The molecule has 1 aromatic rings. The lowest BCUT2D eigenvalue weighted by atomic mass is 10.0. The molecule has 6 heteroatoms. The molecule has 0 spiro atoms. The molecule has 0 aliphatic carbocycles. The second kappa shape index (κ2) is 7.56. The number of rotatable bonds is 5. The van der Waals surface area contributed by atoms with Crippen molar-refractivity contribution in [1.82, 2.24) is 10.3 Å². The molecule has 22 heavy (non-hydrogen) atoms. The van der Waals surface area contributed by atoms with Crippen molar-refractivity contribution in [1.29, 1.82) is 0 Å². The van der Waals surface area contributed by atoms with E-state index in [1.54, 1.807) is 18.3 Å². The third kappa shape index (κ3) is 3.96. The van der Waals surface area contributed by atoms with Gasteiger partial charge in [0, 0.05) is 32.4 Å². The van der Waals surface area contributed by atoms with Crippen molar-refractivity contribution in [3.63, 3.8) is 0 Å². The number of nitrogens with zero attached hydrogens (tertiary/aromatic N) is 1. The largest absolute Gasteiger partial charge is 0.471 e. The minimum atomic E-state index is -0.131. The first-order valence-electron chi connectivity index (χ1n) is 7.88. The van der Waals surface area contributed by atoms with Crippen LogP contribution in [0.25, 0.3) is 0 Å². The van der Waals surface area contributed by atoms with Crippen LogP contribution < -0.4 is 10.1 Å². The van der Waals surface area contributed by atoms with Gasteiger partial charge in [-0.25, -0.2) is 4.98 Å². The van der Waals surface area contributed by atoms with Gasteiger partial charge in [-0.3, -0.25) is 4.79 Å². The van der Waals surface area contributed by atoms with Gasteiger partial charge < -0.3 is 19.5 Å². The van der Waals surface area contributed by atoms with E-state index in [9.17, 15) is 4.79 Å². The van der Waals surface area contributed by atoms with E-state index in [1.807, 2.05) is 0 Å². The first-order valence-corrected chi connectivity index (χ1v) is 7.88. The van der Waals surface area contributed by atoms with Gasteiger partial charge in [0.15, 0.2) is 0 Å². The molecule has 0 saturated carbocycles. The summed E-state index contributed by atoms with van der Waals surface area (Å²) in [5.74, 6) is 0.748. The molecule has 0 aromatic carbocycles. The molecular weight excluding hydrogens is 284 g/mol. The maximum atomic E-state index is 12.4. The first-order chi connectivity index (χ1) is 10.8. The second-order valence-electron chi connectivity index (χ2n) is 5.73. The van der Waals surface area contributed by atoms with Gasteiger partial charge in [-0.05, 0) is 30.9 Å². The summed E-state index contributed by atoms with van der Waals surface area (Å²) in [6.45, 7) is 3.48. The van der Waals surface area contributed by atoms with Crippen LogP contribution in [0.4, 0.5) is 0 Å². The van der Waals surface area contributed by atoms with Crippen LogP contribution in [0.2, 0.25) is 0 Å². The molecule has 2 saturated heterocycles. The summed E-state index contributed by atoms with van der Waals surface area (Å²) in [5.41, 5.74) is 0.487. The van der Waals surface area contributed by atoms with Crippen molar-refractivity contribution in [2.45, 2.75) is 25.4 Å². The third-order valence-corrected chi connectivity index (χ3v) is 4.07. The molecule has 2 fully saturated rings. The number of hydrogen-bond acceptors (Lipinski definition) is 5. The van der Waals surface area contributed by atoms with Crippen molar-refractivity contribution in [2.75, 3.05) is 33.0 Å². The van der Waals surface area contributed by atoms with Crippen LogP contribution in [-0.4, -0.2) is 50.0 Å². The fourth-order valence-electron chi connectivity index (χ4n) is 2.70. The fraction of sp³-hybridized carbons (Fsp3) is 0.625. The summed E-state index contributed by atoms with van der Waals surface area (Å²) >= 11 is 0. The van der Waals surface area contributed by atoms with Gasteiger partial charge in [0.1, 0.15) is 11.7 Å². The zero-order chi connectivity index (χ0) is 15.2. The SMILES string of the molecule is O=C(NCC1CCOCC1)c1cccnc1OC1CCOC1. The highest BCUT2D eigenvalue weighted by Gasteiger charge is 2.22. The van der Waals surface area contributed by atoms with Crippen LogP contribution in [0, 0.1) is 5.92 Å². The van der Waals surface area contributed by atoms with Gasteiger partial charge >= 0.3 is 0 Å². The molecule has 1 aromatic heterocycles. The Labute approximate surface area is 130 Å². The average Bonchev–Trinajstić information content (AvgIpc) is 3.07. The number of pyridine rings is 1. The van der Waals surface area contributed by atoms with Crippen molar-refractivity contribution in [3.05, 3.63) is 23.9 Å². The molecule has 2 aliphatic rings. The zero-order valence-electron chi connectivity index (χ0n) is 12.6. The van der Waals surface area contributed by atoms with Gasteiger partial charge in [-0.15, -0.1) is 0 Å². The Bertz CT molecular complexity index is 497. The zero-order valence-corrected chi connectivity index (χ0v) is 12.6. The third-order valence-electron chi connectivity index (χ3n) is 4.07. The topological polar surface area (TPSA) is 69.7 Å². The van der Waals surface area contributed by atoms with Crippen LogP contribution in [0.1, 0.15) is 29.6 Å². The van der Waals surface area contributed by atoms with Gasteiger partial charge in [0.25, 0.3) is 5.91 Å². The van der Waals surface area contributed by atoms with E-state index in [2.05, 4.69) is 10.3 Å². The molecule has 2 aliphatic heterocycles. The number of carbonyl (C=O) groups excluding carboxylic acids is 1. The monoisotopic (exact) mass is 306 g/mol. The van der Waals surface area contributed by atoms with E-state index in [-0.39, 0.29) is 12.0 Å². The standard InChI is InChI=1S/C16H22N2O4/c19-15(18-10-12-3-7-20-8-4-12)14-2-1-6-17-16(14)22-13-5-9-21-11-13/h1-2,6,12-13H,3-5,7-11H2,(H,18,19). The summed E-state index contributed by atoms with van der Waals surface area (Å²) in [7, 11) is 0. The lowest BCUT2D eigenvalue weighted by Gasteiger charge is -2.22. The Morgan fingerprint density at radius 2 is 2.09 bits per heavy atom. The van der Waals surface area contributed by atoms with Crippen molar-refractivity contribution >= 4 is 5.91 Å². The normalized spacial score (nSPS) is 22.5. The Morgan fingerprint density at radius 3 is 2.86 bits per heavy atom. The fourth-order valence-corrected chi connectivity index (χ4v) is 2.70. The molecule has 120 valence electrons. The summed E-state index contributed by atoms with van der Waals surface area (Å²) in [6, 6.07) is 3.50. The quantitative estimate of drug-likeness (QED) is 0.890. The lowest BCUT2D eigenvalue weighted by Crippen LogP contribution is -2.32. The highest BCUT2D eigenvalue weighted by molar-refractivity contribution is 5.96. The van der Waals surface area contributed by atoms with E-state index in [0.29, 0.717) is 37.1 Å². The smallest absolute Gasteiger partial charge is 0.256 e. The molecule has 1 atom stereocenters. The van der Waals surface area contributed by atoms with Crippen LogP contribution >= 0.6 is 0 Å². The first kappa shape index (κ1) is 15.2. The molecule has 1 unspecified atom stereocenters. The van der Waals surface area contributed by atoms with E-state index >= 15 is 0 Å². The predicted octanol–water partition coefficient (Wildman–Crippen LogP) is 1.41. The van der Waals surface area contributed by atoms with Gasteiger partial charge in [0.2, 0.25) is 5.88 Å². The Balaban J connectivity index is 1.58. The summed E-state index contributed by atoms with van der Waals surface area (Å²) in [4.78, 5) is 16.6. The summed E-state index contributed by atoms with van der Waals surface area (Å²) < 4.78 is 16.4. The molecular formula is C16H22N2O4. The number of ether oxygens (including phenoxy) is 3. The van der Waals surface area contributed by atoms with Crippen LogP contribution in [-0.2, 0) is 9.47 Å². The van der Waals surface area contributed by atoms with Crippen LogP contribution in [0.3, 0.4) is 0 Å². The van der Waals surface area contributed by atoms with E-state index in [0.717, 1.165) is 32.5 Å². The van der Waals surface area contributed by atoms with E-state index in [1.165, 1.54) is 0 Å². The van der Waals surface area contributed by atoms with Gasteiger partial charge in [-0.2, -0.15) is 0 Å². The number of nitrogens with one attached hydrogen (secondary N) is 1. The van der Waals surface area contributed by atoms with E-state index in [4.69, 9.17) is 14.2 Å². The molecule has 0 radical (unpaired) electrons. The van der Waals surface area contributed by atoms with Crippen LogP contribution in [0.5, 0.6) is 5.88 Å². The number of amides is 1. The maximum Gasteiger partial charge on any atom is 0.256 e. The Morgan fingerprint density at radius 1 is 1.27 bits per heavy atom. The maximum absolute atomic E-state index is 12.4. The minimum Gasteiger partial charge on any atom is -0.471 e. The van der Waals surface area contributed by atoms with E-state index < -0.39 is 0 Å². The van der Waals surface area contributed by atoms with Crippen molar-refractivity contribution in [3.8, 4) is 5.88 Å². The number of hydrogen-bond donors (Lipinski definition) is 1. The number of carbonyl (C=O) groups is 1. The Hall–Kier alpha value is -1.66. The highest BCUT2D eigenvalue weighted by atomic mass is 16.5. The van der Waals surface area contributed by atoms with Gasteiger partial charge in [-0.1, -0.05) is 0 Å². The molecule has 3 heterocycles. The summed E-state index contributed by atoms with van der Waals surface area (Å²) in [5, 5.41) is 2.99. The predicted molar refractivity (Wildman–Crippen MR) is 80.0 cm³/mol. The van der Waals surface area contributed by atoms with Crippen molar-refractivity contribution < 1.29 is 19.0 Å². The Kier molecular flexibility index (Phi) is 5.24. The van der Waals surface area contributed by atoms with Crippen molar-refractivity contribution in [2.24, 2.45) is 5.92 Å².